The summed E-state index contributed by atoms with van der Waals surface area (Å²) in [5.74, 6) is 1.23. The summed E-state index contributed by atoms with van der Waals surface area (Å²) in [6.45, 7) is 5.04. The van der Waals surface area contributed by atoms with Crippen LogP contribution in [0.25, 0.3) is 0 Å². The lowest BCUT2D eigenvalue weighted by molar-refractivity contribution is 0.220. The highest BCUT2D eigenvalue weighted by atomic mass is 16.5. The van der Waals surface area contributed by atoms with Crippen molar-refractivity contribution >= 4 is 11.7 Å². The Kier molecular flexibility index (Phi) is 6.07. The van der Waals surface area contributed by atoms with E-state index in [9.17, 15) is 9.90 Å². The zero-order valence-corrected chi connectivity index (χ0v) is 14.3. The molecule has 0 unspecified atom stereocenters. The maximum absolute atomic E-state index is 12.4. The molecule has 0 fully saturated rings. The number of rotatable bonds is 6. The van der Waals surface area contributed by atoms with Crippen molar-refractivity contribution < 1.29 is 14.6 Å². The molecule has 0 spiro atoms. The second kappa shape index (κ2) is 8.24. The highest BCUT2D eigenvalue weighted by Gasteiger charge is 2.13. The minimum absolute atomic E-state index is 0.179. The van der Waals surface area contributed by atoms with Crippen LogP contribution in [0.3, 0.4) is 0 Å². The molecule has 2 rings (SSSR count). The molecule has 0 saturated carbocycles. The Morgan fingerprint density at radius 1 is 1.17 bits per heavy atom. The van der Waals surface area contributed by atoms with Gasteiger partial charge in [-0.1, -0.05) is 44.2 Å². The zero-order chi connectivity index (χ0) is 17.5. The first-order valence-corrected chi connectivity index (χ1v) is 7.98. The lowest BCUT2D eigenvalue weighted by atomic mass is 10.2. The van der Waals surface area contributed by atoms with Gasteiger partial charge in [0.25, 0.3) is 0 Å². The standard InChI is InChI=1S/C19H24N2O3/c1-14(2)13-24-18-11-7-5-9-16(18)20-19(23)21(3)12-15-8-4-6-10-17(15)22/h4-11,14,22H,12-13H2,1-3H3,(H,20,23). The van der Waals surface area contributed by atoms with Gasteiger partial charge in [-0.25, -0.2) is 4.79 Å². The third-order valence-electron chi connectivity index (χ3n) is 3.45. The summed E-state index contributed by atoms with van der Waals surface area (Å²) < 4.78 is 5.74. The number of urea groups is 1. The molecule has 0 atom stereocenters. The van der Waals surface area contributed by atoms with Crippen LogP contribution in [0.1, 0.15) is 19.4 Å². The monoisotopic (exact) mass is 328 g/mol. The summed E-state index contributed by atoms with van der Waals surface area (Å²) in [6.07, 6.45) is 0. The summed E-state index contributed by atoms with van der Waals surface area (Å²) in [4.78, 5) is 13.9. The molecule has 0 bridgehead atoms. The molecule has 5 heteroatoms. The van der Waals surface area contributed by atoms with Gasteiger partial charge in [-0.15, -0.1) is 0 Å². The van der Waals surface area contributed by atoms with E-state index in [4.69, 9.17) is 4.74 Å². The van der Waals surface area contributed by atoms with E-state index < -0.39 is 0 Å². The molecule has 0 aliphatic heterocycles. The van der Waals surface area contributed by atoms with E-state index in [2.05, 4.69) is 19.2 Å². The summed E-state index contributed by atoms with van der Waals surface area (Å²) in [5.41, 5.74) is 1.33. The number of hydrogen-bond acceptors (Lipinski definition) is 3. The normalized spacial score (nSPS) is 10.5. The average molecular weight is 328 g/mol. The maximum atomic E-state index is 12.4. The van der Waals surface area contributed by atoms with Crippen molar-refractivity contribution in [3.63, 3.8) is 0 Å². The Hall–Kier alpha value is -2.69. The minimum Gasteiger partial charge on any atom is -0.508 e. The number of hydrogen-bond donors (Lipinski definition) is 2. The number of ether oxygens (including phenoxy) is 1. The van der Waals surface area contributed by atoms with E-state index >= 15 is 0 Å². The third kappa shape index (κ3) is 4.91. The van der Waals surface area contributed by atoms with E-state index in [-0.39, 0.29) is 11.8 Å². The van der Waals surface area contributed by atoms with E-state index in [1.807, 2.05) is 24.3 Å². The first-order chi connectivity index (χ1) is 11.5. The van der Waals surface area contributed by atoms with Crippen LogP contribution in [0.5, 0.6) is 11.5 Å². The largest absolute Gasteiger partial charge is 0.508 e. The number of aromatic hydroxyl groups is 1. The van der Waals surface area contributed by atoms with Gasteiger partial charge in [0, 0.05) is 12.6 Å². The van der Waals surface area contributed by atoms with Gasteiger partial charge in [0.15, 0.2) is 0 Å². The Morgan fingerprint density at radius 3 is 2.54 bits per heavy atom. The number of nitrogens with zero attached hydrogens (tertiary/aromatic N) is 1. The van der Waals surface area contributed by atoms with Crippen molar-refractivity contribution in [2.45, 2.75) is 20.4 Å². The fraction of sp³-hybridized carbons (Fsp3) is 0.316. The first-order valence-electron chi connectivity index (χ1n) is 7.98. The third-order valence-corrected chi connectivity index (χ3v) is 3.45. The van der Waals surface area contributed by atoms with Gasteiger partial charge in [0.05, 0.1) is 18.8 Å². The van der Waals surface area contributed by atoms with Gasteiger partial charge in [0.2, 0.25) is 0 Å². The lowest BCUT2D eigenvalue weighted by Crippen LogP contribution is -2.31. The Morgan fingerprint density at radius 2 is 1.83 bits per heavy atom. The van der Waals surface area contributed by atoms with Crippen LogP contribution in [0.2, 0.25) is 0 Å². The SMILES string of the molecule is CC(C)COc1ccccc1NC(=O)N(C)Cc1ccccc1O. The maximum Gasteiger partial charge on any atom is 0.321 e. The summed E-state index contributed by atoms with van der Waals surface area (Å²) in [6, 6.07) is 14.1. The number of nitrogens with one attached hydrogen (secondary N) is 1. The molecule has 0 saturated heterocycles. The number of phenols is 1. The van der Waals surface area contributed by atoms with E-state index in [1.165, 1.54) is 4.90 Å². The Bertz CT molecular complexity index is 686. The van der Waals surface area contributed by atoms with Gasteiger partial charge in [0.1, 0.15) is 11.5 Å². The molecule has 24 heavy (non-hydrogen) atoms. The Labute approximate surface area is 142 Å². The quantitative estimate of drug-likeness (QED) is 0.839. The average Bonchev–Trinajstić information content (AvgIpc) is 2.56. The molecular weight excluding hydrogens is 304 g/mol. The molecule has 2 amide bonds. The molecule has 0 radical (unpaired) electrons. The van der Waals surface area contributed by atoms with Crippen LogP contribution in [0.15, 0.2) is 48.5 Å². The molecule has 0 aliphatic rings. The Balaban J connectivity index is 2.02. The lowest BCUT2D eigenvalue weighted by Gasteiger charge is -2.20. The summed E-state index contributed by atoms with van der Waals surface area (Å²) in [7, 11) is 1.68. The van der Waals surface area contributed by atoms with Crippen molar-refractivity contribution in [3.8, 4) is 11.5 Å². The summed E-state index contributed by atoms with van der Waals surface area (Å²) in [5, 5.41) is 12.7. The van der Waals surface area contributed by atoms with E-state index in [0.29, 0.717) is 36.1 Å². The van der Waals surface area contributed by atoms with Crippen molar-refractivity contribution in [1.82, 2.24) is 4.90 Å². The van der Waals surface area contributed by atoms with Gasteiger partial charge in [-0.05, 0) is 24.1 Å². The smallest absolute Gasteiger partial charge is 0.321 e. The molecule has 0 aromatic heterocycles. The highest BCUT2D eigenvalue weighted by molar-refractivity contribution is 5.90. The van der Waals surface area contributed by atoms with Gasteiger partial charge in [-0.2, -0.15) is 0 Å². The molecule has 0 aliphatic carbocycles. The fourth-order valence-corrected chi connectivity index (χ4v) is 2.13. The van der Waals surface area contributed by atoms with Crippen molar-refractivity contribution in [1.29, 1.82) is 0 Å². The van der Waals surface area contributed by atoms with Gasteiger partial charge < -0.3 is 20.1 Å². The number of phenolic OH excluding ortho intramolecular Hbond substituents is 1. The summed E-state index contributed by atoms with van der Waals surface area (Å²) >= 11 is 0. The van der Waals surface area contributed by atoms with Crippen molar-refractivity contribution in [2.24, 2.45) is 5.92 Å². The van der Waals surface area contributed by atoms with Crippen LogP contribution in [-0.4, -0.2) is 29.7 Å². The van der Waals surface area contributed by atoms with Crippen LogP contribution in [0.4, 0.5) is 10.5 Å². The highest BCUT2D eigenvalue weighted by Crippen LogP contribution is 2.25. The van der Waals surface area contributed by atoms with Crippen LogP contribution in [0, 0.1) is 5.92 Å². The van der Waals surface area contributed by atoms with Gasteiger partial charge >= 0.3 is 6.03 Å². The predicted octanol–water partition coefficient (Wildman–Crippen LogP) is 4.09. The number of para-hydroxylation sites is 3. The van der Waals surface area contributed by atoms with E-state index in [1.54, 1.807) is 31.3 Å². The topological polar surface area (TPSA) is 61.8 Å². The number of carbonyl (C=O) groups is 1. The zero-order valence-electron chi connectivity index (χ0n) is 14.3. The van der Waals surface area contributed by atoms with Crippen LogP contribution < -0.4 is 10.1 Å². The number of benzene rings is 2. The molecule has 2 N–H and O–H groups in total. The van der Waals surface area contributed by atoms with E-state index in [0.717, 1.165) is 0 Å². The first kappa shape index (κ1) is 17.7. The van der Waals surface area contributed by atoms with Crippen LogP contribution in [-0.2, 0) is 6.54 Å². The molecule has 2 aromatic rings. The van der Waals surface area contributed by atoms with Crippen molar-refractivity contribution in [3.05, 3.63) is 54.1 Å². The van der Waals surface area contributed by atoms with Crippen molar-refractivity contribution in [2.75, 3.05) is 19.0 Å². The second-order valence-corrected chi connectivity index (χ2v) is 6.12. The molecular formula is C19H24N2O3. The predicted molar refractivity (Wildman–Crippen MR) is 95.4 cm³/mol. The number of anilines is 1. The molecule has 5 nitrogen and oxygen atoms in total. The molecule has 2 aromatic carbocycles. The minimum atomic E-state index is -0.265. The molecule has 128 valence electrons. The number of amides is 2. The van der Waals surface area contributed by atoms with Crippen LogP contribution >= 0.6 is 0 Å². The van der Waals surface area contributed by atoms with Gasteiger partial charge in [-0.3, -0.25) is 0 Å². The fourth-order valence-electron chi connectivity index (χ4n) is 2.13. The second-order valence-electron chi connectivity index (χ2n) is 6.12. The number of carbonyl (C=O) groups excluding carboxylic acids is 1. The molecule has 0 heterocycles.